The normalized spacial score (nSPS) is 27.0. The van der Waals surface area contributed by atoms with Crippen molar-refractivity contribution in [1.29, 1.82) is 0 Å². The van der Waals surface area contributed by atoms with Gasteiger partial charge in [0.05, 0.1) is 5.92 Å². The molecule has 1 aromatic carbocycles. The molecule has 0 amide bonds. The van der Waals surface area contributed by atoms with Crippen LogP contribution in [0.1, 0.15) is 42.2 Å². The molecule has 0 saturated heterocycles. The number of rotatable bonds is 3. The zero-order valence-corrected chi connectivity index (χ0v) is 18.1. The fraction of sp³-hybridized carbons (Fsp3) is 0.296. The van der Waals surface area contributed by atoms with Crippen LogP contribution in [0, 0.1) is 37.8 Å². The Morgan fingerprint density at radius 2 is 1.90 bits per heavy atom. The maximum atomic E-state index is 13.1. The van der Waals surface area contributed by atoms with E-state index < -0.39 is 23.8 Å². The first-order valence-corrected chi connectivity index (χ1v) is 10.4. The molecule has 0 spiro atoms. The number of ether oxygens (including phenoxy) is 1. The van der Waals surface area contributed by atoms with Crippen LogP contribution in [-0.4, -0.2) is 18.0 Å². The molecule has 0 saturated carbocycles. The molecule has 0 heterocycles. The summed E-state index contributed by atoms with van der Waals surface area (Å²) in [6.07, 6.45) is 13.7. The monoisotopic (exact) mass is 412 g/mol. The molecule has 4 heteroatoms. The molecule has 4 aliphatic rings. The Kier molecular flexibility index (Phi) is 5.48. The standard InChI is InChI=1S/C27H24O4/c1-15-8-9-21(16(2)10-15)23-13-19-11-17(3)24(18(4)12-19)26(23)31-27(30)22-7-5-6-20(14-28)25(22)29/h5-8,11-12,14,16,20,26H,13H2,1-4H3. The second-order valence-electron chi connectivity index (χ2n) is 8.37. The summed E-state index contributed by atoms with van der Waals surface area (Å²) in [5.74, 6) is -2.17. The van der Waals surface area contributed by atoms with Crippen molar-refractivity contribution in [2.24, 2.45) is 11.8 Å². The van der Waals surface area contributed by atoms with Crippen molar-refractivity contribution in [2.75, 3.05) is 0 Å². The highest BCUT2D eigenvalue weighted by Gasteiger charge is 2.35. The Labute approximate surface area is 182 Å². The molecule has 156 valence electrons. The van der Waals surface area contributed by atoms with Crippen molar-refractivity contribution in [3.8, 4) is 0 Å². The van der Waals surface area contributed by atoms with Gasteiger partial charge in [-0.2, -0.15) is 0 Å². The molecule has 0 aliphatic heterocycles. The molecule has 2 bridgehead atoms. The summed E-state index contributed by atoms with van der Waals surface area (Å²) in [6, 6.07) is 4.24. The van der Waals surface area contributed by atoms with E-state index in [0.29, 0.717) is 12.7 Å². The summed E-state index contributed by atoms with van der Waals surface area (Å²) in [5, 5.41) is 0. The van der Waals surface area contributed by atoms with Crippen molar-refractivity contribution < 1.29 is 19.1 Å². The fourth-order valence-corrected chi connectivity index (χ4v) is 4.64. The minimum absolute atomic E-state index is 0.0124. The van der Waals surface area contributed by atoms with Crippen LogP contribution in [0.4, 0.5) is 0 Å². The molecule has 0 N–H and O–H groups in total. The topological polar surface area (TPSA) is 60.4 Å². The van der Waals surface area contributed by atoms with Gasteiger partial charge < -0.3 is 9.53 Å². The molecule has 4 aliphatic carbocycles. The molecule has 3 atom stereocenters. The zero-order valence-electron chi connectivity index (χ0n) is 18.1. The Hall–Kier alpha value is -3.27. The summed E-state index contributed by atoms with van der Waals surface area (Å²) >= 11 is 0. The number of fused-ring (bicyclic) bond motifs is 4. The molecule has 1 aromatic rings. The minimum Gasteiger partial charge on any atom is -0.449 e. The van der Waals surface area contributed by atoms with E-state index in [9.17, 15) is 14.4 Å². The van der Waals surface area contributed by atoms with Crippen LogP contribution in [0.15, 0.2) is 58.7 Å². The number of carbonyl (C=O) groups is 3. The predicted molar refractivity (Wildman–Crippen MR) is 117 cm³/mol. The molecule has 0 fully saturated rings. The number of allylic oxidation sites excluding steroid dienone is 8. The second kappa shape index (κ2) is 8.10. The van der Waals surface area contributed by atoms with Gasteiger partial charge in [-0.05, 0) is 78.8 Å². The summed E-state index contributed by atoms with van der Waals surface area (Å²) < 4.78 is 6.03. The van der Waals surface area contributed by atoms with Crippen molar-refractivity contribution >= 4 is 18.0 Å². The van der Waals surface area contributed by atoms with Crippen LogP contribution in [0.5, 0.6) is 0 Å². The highest BCUT2D eigenvalue weighted by atomic mass is 16.5. The third kappa shape index (κ3) is 3.78. The SMILES string of the molecule is CC1=[C]C(C)C(=C2Cc3cc(C)c(c(C)c3)C2OC(=O)C2=CC=CC(C=O)C2=O)[C]=C1. The van der Waals surface area contributed by atoms with Gasteiger partial charge in [-0.3, -0.25) is 4.79 Å². The molecular weight excluding hydrogens is 388 g/mol. The van der Waals surface area contributed by atoms with Crippen LogP contribution < -0.4 is 0 Å². The van der Waals surface area contributed by atoms with E-state index in [1.165, 1.54) is 12.2 Å². The van der Waals surface area contributed by atoms with Gasteiger partial charge in [0.1, 0.15) is 18.0 Å². The Morgan fingerprint density at radius 1 is 1.19 bits per heavy atom. The predicted octanol–water partition coefficient (Wildman–Crippen LogP) is 4.38. The van der Waals surface area contributed by atoms with Gasteiger partial charge in [0.15, 0.2) is 5.78 Å². The van der Waals surface area contributed by atoms with Crippen molar-refractivity contribution in [1.82, 2.24) is 0 Å². The van der Waals surface area contributed by atoms with Gasteiger partial charge in [-0.25, -0.2) is 4.79 Å². The lowest BCUT2D eigenvalue weighted by molar-refractivity contribution is -0.144. The van der Waals surface area contributed by atoms with E-state index in [4.69, 9.17) is 4.74 Å². The maximum Gasteiger partial charge on any atom is 0.342 e. The third-order valence-electron chi connectivity index (χ3n) is 6.04. The first-order chi connectivity index (χ1) is 14.8. The molecule has 3 unspecified atom stereocenters. The van der Waals surface area contributed by atoms with Gasteiger partial charge >= 0.3 is 5.97 Å². The highest BCUT2D eigenvalue weighted by Crippen LogP contribution is 2.42. The lowest BCUT2D eigenvalue weighted by Gasteiger charge is -2.26. The molecule has 5 rings (SSSR count). The van der Waals surface area contributed by atoms with Gasteiger partial charge in [-0.1, -0.05) is 37.3 Å². The molecular formula is C27H24O4. The second-order valence-corrected chi connectivity index (χ2v) is 8.37. The lowest BCUT2D eigenvalue weighted by atomic mass is 9.84. The summed E-state index contributed by atoms with van der Waals surface area (Å²) in [7, 11) is 0. The third-order valence-corrected chi connectivity index (χ3v) is 6.04. The van der Waals surface area contributed by atoms with E-state index in [-0.39, 0.29) is 11.5 Å². The molecule has 31 heavy (non-hydrogen) atoms. The van der Waals surface area contributed by atoms with Gasteiger partial charge in [0, 0.05) is 11.5 Å². The van der Waals surface area contributed by atoms with E-state index in [1.807, 2.05) is 26.8 Å². The highest BCUT2D eigenvalue weighted by molar-refractivity contribution is 6.22. The number of hydrogen-bond donors (Lipinski definition) is 0. The summed E-state index contributed by atoms with van der Waals surface area (Å²) in [4.78, 5) is 36.8. The van der Waals surface area contributed by atoms with Crippen molar-refractivity contribution in [2.45, 2.75) is 40.2 Å². The quantitative estimate of drug-likeness (QED) is 0.320. The maximum absolute atomic E-state index is 13.1. The number of carbonyl (C=O) groups excluding carboxylic acids is 3. The number of esters is 1. The first-order valence-electron chi connectivity index (χ1n) is 10.4. The molecule has 4 nitrogen and oxygen atoms in total. The molecule has 2 radical (unpaired) electrons. The first kappa shape index (κ1) is 21.0. The van der Waals surface area contributed by atoms with Crippen molar-refractivity contribution in [3.63, 3.8) is 0 Å². The smallest absolute Gasteiger partial charge is 0.342 e. The summed E-state index contributed by atoms with van der Waals surface area (Å²) in [5.41, 5.74) is 7.00. The number of ketones is 1. The van der Waals surface area contributed by atoms with Gasteiger partial charge in [-0.15, -0.1) is 0 Å². The van der Waals surface area contributed by atoms with Crippen LogP contribution in [0.2, 0.25) is 0 Å². The van der Waals surface area contributed by atoms with Crippen LogP contribution in [0.3, 0.4) is 0 Å². The number of aldehydes is 1. The summed E-state index contributed by atoms with van der Waals surface area (Å²) in [6.45, 7) is 8.06. The number of Topliss-reactive ketones (excluding diaryl/α,β-unsaturated/α-hetero) is 1. The van der Waals surface area contributed by atoms with E-state index >= 15 is 0 Å². The zero-order chi connectivity index (χ0) is 22.3. The number of benzene rings is 1. The average molecular weight is 412 g/mol. The van der Waals surface area contributed by atoms with Crippen molar-refractivity contribution in [3.05, 3.63) is 93.1 Å². The minimum atomic E-state index is -0.945. The van der Waals surface area contributed by atoms with E-state index in [0.717, 1.165) is 39.0 Å². The van der Waals surface area contributed by atoms with Crippen LogP contribution in [0.25, 0.3) is 0 Å². The average Bonchev–Trinajstić information content (AvgIpc) is 2.92. The van der Waals surface area contributed by atoms with E-state index in [2.05, 4.69) is 31.2 Å². The van der Waals surface area contributed by atoms with Crippen LogP contribution in [-0.2, 0) is 25.5 Å². The Morgan fingerprint density at radius 3 is 2.55 bits per heavy atom. The lowest BCUT2D eigenvalue weighted by Crippen LogP contribution is -2.27. The Bertz CT molecular complexity index is 1120. The number of hydrogen-bond acceptors (Lipinski definition) is 4. The van der Waals surface area contributed by atoms with Gasteiger partial charge in [0.2, 0.25) is 0 Å². The number of aryl methyl sites for hydroxylation is 2. The van der Waals surface area contributed by atoms with Crippen LogP contribution >= 0.6 is 0 Å². The Balaban J connectivity index is 1.78. The largest absolute Gasteiger partial charge is 0.449 e. The molecule has 0 aromatic heterocycles. The van der Waals surface area contributed by atoms with Gasteiger partial charge in [0.25, 0.3) is 0 Å². The van der Waals surface area contributed by atoms with E-state index in [1.54, 1.807) is 6.08 Å². The fourth-order valence-electron chi connectivity index (χ4n) is 4.64.